The van der Waals surface area contributed by atoms with Gasteiger partial charge in [-0.05, 0) is 88.5 Å². The molecule has 0 atom stereocenters. The molecule has 13 rings (SSSR count). The molecule has 13 aromatic rings. The molecule has 0 bridgehead atoms. The van der Waals surface area contributed by atoms with Gasteiger partial charge in [0.15, 0.2) is 17.5 Å². The topological polar surface area (TPSA) is 69.6 Å². The zero-order chi connectivity index (χ0) is 45.0. The number of aromatic nitrogens is 5. The van der Waals surface area contributed by atoms with E-state index in [1.807, 2.05) is 66.9 Å². The van der Waals surface area contributed by atoms with Crippen LogP contribution in [0.5, 0.6) is 0 Å². The van der Waals surface area contributed by atoms with Gasteiger partial charge in [0.2, 0.25) is 0 Å². The van der Waals surface area contributed by atoms with Crippen LogP contribution in [0.15, 0.2) is 241 Å². The number of hydrogen-bond acceptors (Lipinski definition) is 5. The Kier molecular flexibility index (Phi) is 9.39. The van der Waals surface area contributed by atoms with Crippen LogP contribution in [-0.2, 0) is 0 Å². The summed E-state index contributed by atoms with van der Waals surface area (Å²) in [5.74, 6) is 1.65. The number of benzene rings is 9. The Morgan fingerprint density at radius 1 is 0.324 bits per heavy atom. The van der Waals surface area contributed by atoms with E-state index in [1.54, 1.807) is 0 Å². The van der Waals surface area contributed by atoms with Gasteiger partial charge in [-0.1, -0.05) is 170 Å². The fourth-order valence-electron chi connectivity index (χ4n) is 9.68. The average molecular weight is 870 g/mol. The van der Waals surface area contributed by atoms with Gasteiger partial charge in [0, 0.05) is 55.9 Å². The Balaban J connectivity index is 1.08. The number of fused-ring (bicyclic) bond motifs is 7. The summed E-state index contributed by atoms with van der Waals surface area (Å²) in [6, 6.07) is 80.0. The van der Waals surface area contributed by atoms with Crippen LogP contribution < -0.4 is 0 Å². The molecule has 0 fully saturated rings. The van der Waals surface area contributed by atoms with Crippen LogP contribution in [0.25, 0.3) is 128 Å². The fourth-order valence-corrected chi connectivity index (χ4v) is 9.68. The van der Waals surface area contributed by atoms with E-state index in [4.69, 9.17) is 24.4 Å². The van der Waals surface area contributed by atoms with Gasteiger partial charge in [-0.15, -0.1) is 0 Å². The second-order valence-electron chi connectivity index (χ2n) is 17.0. The highest BCUT2D eigenvalue weighted by Crippen LogP contribution is 2.45. The van der Waals surface area contributed by atoms with Crippen LogP contribution in [0.4, 0.5) is 0 Å². The molecule has 318 valence electrons. The molecule has 0 aliphatic carbocycles. The highest BCUT2D eigenvalue weighted by molar-refractivity contribution is 6.24. The van der Waals surface area contributed by atoms with Crippen LogP contribution in [0.2, 0.25) is 0 Å². The third-order valence-electron chi connectivity index (χ3n) is 12.9. The average Bonchev–Trinajstić information content (AvgIpc) is 3.98. The molecule has 0 radical (unpaired) electrons. The lowest BCUT2D eigenvalue weighted by Gasteiger charge is -2.15. The van der Waals surface area contributed by atoms with Crippen molar-refractivity contribution < 1.29 is 4.42 Å². The maximum atomic E-state index is 7.22. The number of nitrogens with zero attached hydrogens (tertiary/aromatic N) is 5. The summed E-state index contributed by atoms with van der Waals surface area (Å²) in [7, 11) is 0. The largest absolute Gasteiger partial charge is 0.455 e. The standard InChI is InChI=1S/C62H39N5O/c1-6-19-40(20-7-1)44-35-45(41-21-8-2-9-22-41)37-46(36-44)47-38-53(62-65-60(42-23-10-3-11-24-42)64-61(66-62)43-25-12-4-13-26-43)57(63-39-47)52-31-18-30-49-50-33-34-55-56(59(50)68-58(49)52)51-29-16-17-32-54(51)67(55)48-27-14-5-15-28-48/h1-39H. The number of pyridine rings is 1. The predicted octanol–water partition coefficient (Wildman–Crippen LogP) is 15.9. The molecule has 9 aromatic carbocycles. The van der Waals surface area contributed by atoms with E-state index in [2.05, 4.69) is 174 Å². The van der Waals surface area contributed by atoms with E-state index in [0.717, 1.165) is 105 Å². The Labute approximate surface area is 392 Å². The van der Waals surface area contributed by atoms with Crippen LogP contribution in [0, 0.1) is 0 Å². The van der Waals surface area contributed by atoms with Gasteiger partial charge < -0.3 is 8.98 Å². The van der Waals surface area contributed by atoms with Gasteiger partial charge in [-0.25, -0.2) is 15.0 Å². The summed E-state index contributed by atoms with van der Waals surface area (Å²) in [6.07, 6.45) is 1.97. The van der Waals surface area contributed by atoms with Crippen molar-refractivity contribution in [1.82, 2.24) is 24.5 Å². The monoisotopic (exact) mass is 869 g/mol. The SMILES string of the molecule is c1ccc(-c2cc(-c3ccccc3)cc(-c3cnc(-c4cccc5c4oc4c5ccc5c4c4ccccc4n5-c4ccccc4)c(-c4nc(-c5ccccc5)nc(-c5ccccc5)n4)c3)c2)cc1. The molecule has 0 aliphatic heterocycles. The van der Waals surface area contributed by atoms with Gasteiger partial charge in [-0.3, -0.25) is 4.98 Å². The molecular formula is C62H39N5O. The quantitative estimate of drug-likeness (QED) is 0.152. The first kappa shape index (κ1) is 39.1. The zero-order valence-electron chi connectivity index (χ0n) is 36.7. The van der Waals surface area contributed by atoms with Gasteiger partial charge in [0.25, 0.3) is 0 Å². The number of furan rings is 1. The van der Waals surface area contributed by atoms with Crippen LogP contribution >= 0.6 is 0 Å². The van der Waals surface area contributed by atoms with E-state index in [1.165, 1.54) is 0 Å². The first-order valence-corrected chi connectivity index (χ1v) is 22.8. The van der Waals surface area contributed by atoms with Crippen molar-refractivity contribution >= 4 is 43.7 Å². The van der Waals surface area contributed by atoms with Crippen LogP contribution in [0.1, 0.15) is 0 Å². The smallest absolute Gasteiger partial charge is 0.166 e. The van der Waals surface area contributed by atoms with Crippen molar-refractivity contribution in [2.75, 3.05) is 0 Å². The molecule has 0 amide bonds. The Hall–Kier alpha value is -9.26. The number of rotatable bonds is 8. The molecule has 6 nitrogen and oxygen atoms in total. The van der Waals surface area contributed by atoms with E-state index in [9.17, 15) is 0 Å². The third kappa shape index (κ3) is 6.74. The molecule has 0 spiro atoms. The minimum Gasteiger partial charge on any atom is -0.455 e. The highest BCUT2D eigenvalue weighted by atomic mass is 16.3. The molecule has 6 heteroatoms. The Morgan fingerprint density at radius 3 is 1.44 bits per heavy atom. The summed E-state index contributed by atoms with van der Waals surface area (Å²) < 4.78 is 9.54. The predicted molar refractivity (Wildman–Crippen MR) is 277 cm³/mol. The van der Waals surface area contributed by atoms with Crippen LogP contribution in [0.3, 0.4) is 0 Å². The molecule has 0 saturated carbocycles. The first-order valence-electron chi connectivity index (χ1n) is 22.8. The van der Waals surface area contributed by atoms with Gasteiger partial charge >= 0.3 is 0 Å². The zero-order valence-corrected chi connectivity index (χ0v) is 36.7. The van der Waals surface area contributed by atoms with Crippen LogP contribution in [-0.4, -0.2) is 24.5 Å². The lowest BCUT2D eigenvalue weighted by Crippen LogP contribution is -2.02. The number of para-hydroxylation sites is 3. The van der Waals surface area contributed by atoms with Crippen molar-refractivity contribution in [3.8, 4) is 84.5 Å². The third-order valence-corrected chi connectivity index (χ3v) is 12.9. The van der Waals surface area contributed by atoms with E-state index >= 15 is 0 Å². The molecule has 4 aromatic heterocycles. The van der Waals surface area contributed by atoms with E-state index in [-0.39, 0.29) is 0 Å². The lowest BCUT2D eigenvalue weighted by atomic mass is 9.92. The van der Waals surface area contributed by atoms with Crippen molar-refractivity contribution in [3.05, 3.63) is 237 Å². The maximum Gasteiger partial charge on any atom is 0.166 e. The minimum atomic E-state index is 0.506. The molecule has 0 saturated heterocycles. The van der Waals surface area contributed by atoms with Crippen molar-refractivity contribution in [2.45, 2.75) is 0 Å². The Morgan fingerprint density at radius 2 is 0.824 bits per heavy atom. The molecule has 0 aliphatic rings. The highest BCUT2D eigenvalue weighted by Gasteiger charge is 2.24. The van der Waals surface area contributed by atoms with Crippen molar-refractivity contribution in [1.29, 1.82) is 0 Å². The van der Waals surface area contributed by atoms with E-state index < -0.39 is 0 Å². The summed E-state index contributed by atoms with van der Waals surface area (Å²) in [5, 5.41) is 4.23. The molecule has 68 heavy (non-hydrogen) atoms. The molecule has 0 unspecified atom stereocenters. The first-order chi connectivity index (χ1) is 33.7. The number of hydrogen-bond donors (Lipinski definition) is 0. The Bertz CT molecular complexity index is 3880. The molecular weight excluding hydrogens is 831 g/mol. The summed E-state index contributed by atoms with van der Waals surface area (Å²) in [5.41, 5.74) is 15.4. The van der Waals surface area contributed by atoms with Gasteiger partial charge in [0.1, 0.15) is 11.2 Å². The molecule has 0 N–H and O–H groups in total. The minimum absolute atomic E-state index is 0.506. The fraction of sp³-hybridized carbons (Fsp3) is 0. The summed E-state index contributed by atoms with van der Waals surface area (Å²) >= 11 is 0. The van der Waals surface area contributed by atoms with Gasteiger partial charge in [0.05, 0.1) is 22.1 Å². The normalized spacial score (nSPS) is 11.5. The lowest BCUT2D eigenvalue weighted by molar-refractivity contribution is 0.674. The summed E-state index contributed by atoms with van der Waals surface area (Å²) in [4.78, 5) is 21.1. The summed E-state index contributed by atoms with van der Waals surface area (Å²) in [6.45, 7) is 0. The second-order valence-corrected chi connectivity index (χ2v) is 17.0. The maximum absolute atomic E-state index is 7.22. The van der Waals surface area contributed by atoms with E-state index in [0.29, 0.717) is 23.2 Å². The van der Waals surface area contributed by atoms with Crippen molar-refractivity contribution in [3.63, 3.8) is 0 Å². The molecule has 4 heterocycles. The van der Waals surface area contributed by atoms with Gasteiger partial charge in [-0.2, -0.15) is 0 Å². The second kappa shape index (κ2) is 16.3. The van der Waals surface area contributed by atoms with Crippen molar-refractivity contribution in [2.24, 2.45) is 0 Å².